The Hall–Kier alpha value is -3.35. The van der Waals surface area contributed by atoms with E-state index in [0.29, 0.717) is 18.4 Å². The number of nitrogens with zero attached hydrogens (tertiary/aromatic N) is 1. The number of alkyl carbamates (subject to hydrolysis) is 1. The van der Waals surface area contributed by atoms with Gasteiger partial charge in [0.25, 0.3) is 5.91 Å². The highest BCUT2D eigenvalue weighted by molar-refractivity contribution is 6.00. The smallest absolute Gasteiger partial charge is 0.408 e. The van der Waals surface area contributed by atoms with Crippen molar-refractivity contribution in [2.24, 2.45) is 5.92 Å². The van der Waals surface area contributed by atoms with Crippen LogP contribution in [0.15, 0.2) is 42.5 Å². The van der Waals surface area contributed by atoms with Crippen LogP contribution in [0.1, 0.15) is 89.6 Å². The summed E-state index contributed by atoms with van der Waals surface area (Å²) in [5, 5.41) is 5.94. The van der Waals surface area contributed by atoms with Crippen LogP contribution < -0.4 is 10.6 Å². The molecule has 39 heavy (non-hydrogen) atoms. The minimum Gasteiger partial charge on any atom is -0.444 e. The van der Waals surface area contributed by atoms with Crippen molar-refractivity contribution in [2.75, 3.05) is 5.32 Å². The van der Waals surface area contributed by atoms with Gasteiger partial charge in [0.15, 0.2) is 0 Å². The van der Waals surface area contributed by atoms with Gasteiger partial charge >= 0.3 is 6.09 Å². The molecule has 0 spiro atoms. The number of rotatable bonds is 10. The fraction of sp³-hybridized carbons (Fsp3) is 0.531. The van der Waals surface area contributed by atoms with Crippen molar-refractivity contribution in [3.05, 3.63) is 64.7 Å². The minimum absolute atomic E-state index is 0.183. The number of benzene rings is 2. The second kappa shape index (κ2) is 13.6. The number of carbonyl (C=O) groups is 3. The second-order valence-corrected chi connectivity index (χ2v) is 11.6. The summed E-state index contributed by atoms with van der Waals surface area (Å²) in [4.78, 5) is 43.0. The molecule has 0 aromatic heterocycles. The maximum absolute atomic E-state index is 14.4. The number of ether oxygens (including phenoxy) is 1. The molecule has 2 aromatic carbocycles. The van der Waals surface area contributed by atoms with Crippen molar-refractivity contribution in [3.8, 4) is 0 Å². The summed E-state index contributed by atoms with van der Waals surface area (Å²) < 4.78 is 5.49. The van der Waals surface area contributed by atoms with E-state index in [1.807, 2.05) is 90.9 Å². The number of hydrogen-bond acceptors (Lipinski definition) is 4. The fourth-order valence-electron chi connectivity index (χ4n) is 4.46. The monoisotopic (exact) mass is 537 g/mol. The minimum atomic E-state index is -0.904. The third-order valence-electron chi connectivity index (χ3n) is 7.12. The van der Waals surface area contributed by atoms with E-state index >= 15 is 0 Å². The van der Waals surface area contributed by atoms with Gasteiger partial charge < -0.3 is 20.3 Å². The highest BCUT2D eigenvalue weighted by Gasteiger charge is 2.40. The number of aryl methyl sites for hydroxylation is 3. The van der Waals surface area contributed by atoms with Crippen LogP contribution in [0.5, 0.6) is 0 Å². The fourth-order valence-corrected chi connectivity index (χ4v) is 4.46. The number of amides is 3. The van der Waals surface area contributed by atoms with Gasteiger partial charge in [0.2, 0.25) is 5.91 Å². The Balaban J connectivity index is 2.62. The van der Waals surface area contributed by atoms with Crippen LogP contribution >= 0.6 is 0 Å². The Morgan fingerprint density at radius 2 is 1.46 bits per heavy atom. The molecular formula is C32H47N3O4. The van der Waals surface area contributed by atoms with Crippen LogP contribution in [0.4, 0.5) is 10.5 Å². The Labute approximate surface area is 234 Å². The van der Waals surface area contributed by atoms with E-state index in [9.17, 15) is 14.4 Å². The standard InChI is InChI=1S/C32H47N3O4/c1-11-21(4)27(34-31(38)39-32(8,9)10)30(37)35(24(7)12-2)28(25-18-16-20(3)17-19-25)29(36)33-26-22(5)14-13-15-23(26)6/h13-19,21,24,27-28H,11-12H2,1-10H3,(H,33,36)(H,34,38). The Morgan fingerprint density at radius 3 is 1.95 bits per heavy atom. The first-order chi connectivity index (χ1) is 18.2. The molecule has 0 aliphatic heterocycles. The first kappa shape index (κ1) is 31.9. The largest absolute Gasteiger partial charge is 0.444 e. The molecule has 0 aliphatic rings. The molecular weight excluding hydrogens is 490 g/mol. The zero-order valence-electron chi connectivity index (χ0n) is 25.3. The van der Waals surface area contributed by atoms with Crippen LogP contribution in [0.2, 0.25) is 0 Å². The van der Waals surface area contributed by atoms with Crippen LogP contribution in [0.25, 0.3) is 0 Å². The summed E-state index contributed by atoms with van der Waals surface area (Å²) in [6, 6.07) is 11.5. The van der Waals surface area contributed by atoms with Crippen molar-refractivity contribution < 1.29 is 19.1 Å². The average Bonchev–Trinajstić information content (AvgIpc) is 2.86. The molecule has 4 atom stereocenters. The third-order valence-corrected chi connectivity index (χ3v) is 7.12. The maximum atomic E-state index is 14.4. The van der Waals surface area contributed by atoms with Gasteiger partial charge in [-0.1, -0.05) is 75.2 Å². The summed E-state index contributed by atoms with van der Waals surface area (Å²) in [6.45, 7) is 19.0. The molecule has 2 N–H and O–H groups in total. The van der Waals surface area contributed by atoms with E-state index in [4.69, 9.17) is 4.74 Å². The summed E-state index contributed by atoms with van der Waals surface area (Å²) in [5.74, 6) is -0.797. The molecule has 214 valence electrons. The zero-order chi connectivity index (χ0) is 29.5. The molecule has 0 radical (unpaired) electrons. The van der Waals surface area contributed by atoms with E-state index in [2.05, 4.69) is 10.6 Å². The lowest BCUT2D eigenvalue weighted by molar-refractivity contribution is -0.144. The van der Waals surface area contributed by atoms with E-state index in [0.717, 1.165) is 22.4 Å². The molecule has 7 heteroatoms. The quantitative estimate of drug-likeness (QED) is 0.347. The lowest BCUT2D eigenvalue weighted by atomic mass is 9.94. The molecule has 2 aromatic rings. The van der Waals surface area contributed by atoms with Gasteiger partial charge in [-0.15, -0.1) is 0 Å². The van der Waals surface area contributed by atoms with Gasteiger partial charge in [0.1, 0.15) is 17.7 Å². The van der Waals surface area contributed by atoms with Crippen LogP contribution in [-0.4, -0.2) is 40.5 Å². The van der Waals surface area contributed by atoms with E-state index < -0.39 is 23.8 Å². The molecule has 0 bridgehead atoms. The molecule has 0 aliphatic carbocycles. The van der Waals surface area contributed by atoms with Crippen LogP contribution in [-0.2, 0) is 14.3 Å². The van der Waals surface area contributed by atoms with Gasteiger partial charge in [-0.05, 0) is 77.5 Å². The molecule has 0 saturated heterocycles. The SMILES string of the molecule is CCC(C)C(NC(=O)OC(C)(C)C)C(=O)N(C(C)CC)C(C(=O)Nc1c(C)cccc1C)c1ccc(C)cc1. The molecule has 4 unspecified atom stereocenters. The van der Waals surface area contributed by atoms with Crippen molar-refractivity contribution in [3.63, 3.8) is 0 Å². The molecule has 0 saturated carbocycles. The molecule has 0 heterocycles. The normalized spacial score (nSPS) is 14.5. The van der Waals surface area contributed by atoms with Gasteiger partial charge in [-0.2, -0.15) is 0 Å². The summed E-state index contributed by atoms with van der Waals surface area (Å²) >= 11 is 0. The molecule has 0 fully saturated rings. The first-order valence-corrected chi connectivity index (χ1v) is 13.9. The molecule has 3 amide bonds. The lowest BCUT2D eigenvalue weighted by Gasteiger charge is -2.39. The van der Waals surface area contributed by atoms with E-state index in [-0.39, 0.29) is 23.8 Å². The van der Waals surface area contributed by atoms with Gasteiger partial charge in [-0.25, -0.2) is 4.79 Å². The van der Waals surface area contributed by atoms with Gasteiger partial charge in [0, 0.05) is 11.7 Å². The Kier molecular flexibility index (Phi) is 11.1. The van der Waals surface area contributed by atoms with Gasteiger partial charge in [0.05, 0.1) is 0 Å². The van der Waals surface area contributed by atoms with Crippen molar-refractivity contribution in [1.29, 1.82) is 0 Å². The number of carbonyl (C=O) groups excluding carboxylic acids is 3. The highest BCUT2D eigenvalue weighted by Crippen LogP contribution is 2.30. The summed E-state index contributed by atoms with van der Waals surface area (Å²) in [5.41, 5.74) is 3.67. The first-order valence-electron chi connectivity index (χ1n) is 13.9. The number of anilines is 1. The van der Waals surface area contributed by atoms with Crippen molar-refractivity contribution in [1.82, 2.24) is 10.2 Å². The lowest BCUT2D eigenvalue weighted by Crippen LogP contribution is -2.56. The van der Waals surface area contributed by atoms with Crippen molar-refractivity contribution in [2.45, 2.75) is 106 Å². The second-order valence-electron chi connectivity index (χ2n) is 11.6. The number of hydrogen-bond donors (Lipinski definition) is 2. The molecule has 7 nitrogen and oxygen atoms in total. The van der Waals surface area contributed by atoms with E-state index in [1.54, 1.807) is 25.7 Å². The Bertz CT molecular complexity index is 1120. The summed E-state index contributed by atoms with van der Waals surface area (Å²) in [6.07, 6.45) is 0.631. The van der Waals surface area contributed by atoms with E-state index in [1.165, 1.54) is 0 Å². The van der Waals surface area contributed by atoms with Gasteiger partial charge in [-0.3, -0.25) is 9.59 Å². The topological polar surface area (TPSA) is 87.7 Å². The summed E-state index contributed by atoms with van der Waals surface area (Å²) in [7, 11) is 0. The molecule has 2 rings (SSSR count). The highest BCUT2D eigenvalue weighted by atomic mass is 16.6. The zero-order valence-corrected chi connectivity index (χ0v) is 25.3. The predicted octanol–water partition coefficient (Wildman–Crippen LogP) is 6.86. The van der Waals surface area contributed by atoms with Crippen molar-refractivity contribution >= 4 is 23.6 Å². The Morgan fingerprint density at radius 1 is 0.897 bits per heavy atom. The van der Waals surface area contributed by atoms with Crippen LogP contribution in [0, 0.1) is 26.7 Å². The average molecular weight is 538 g/mol. The predicted molar refractivity (Wildman–Crippen MR) is 158 cm³/mol. The maximum Gasteiger partial charge on any atom is 0.408 e. The number of nitrogens with one attached hydrogen (secondary N) is 2. The van der Waals surface area contributed by atoms with Crippen LogP contribution in [0.3, 0.4) is 0 Å². The number of para-hydroxylation sites is 1. The third kappa shape index (κ3) is 8.57.